The number of aromatic nitrogens is 3. The molecule has 4 N–H and O–H groups in total. The molecule has 0 saturated carbocycles. The molecule has 0 aliphatic carbocycles. The van der Waals surface area contributed by atoms with Gasteiger partial charge in [-0.2, -0.15) is 0 Å². The van der Waals surface area contributed by atoms with Crippen LogP contribution < -0.4 is 25.4 Å². The molecule has 5 amide bonds. The van der Waals surface area contributed by atoms with E-state index in [4.69, 9.17) is 9.47 Å². The number of nitrogens with zero attached hydrogens (tertiary/aromatic N) is 5. The number of carbonyl (C=O) groups excluding carboxylic acids is 5. The summed E-state index contributed by atoms with van der Waals surface area (Å²) in [4.78, 5) is 66.2. The highest BCUT2D eigenvalue weighted by atomic mass is 16.5. The van der Waals surface area contributed by atoms with Crippen LogP contribution in [0.5, 0.6) is 11.5 Å². The quantitative estimate of drug-likeness (QED) is 0.0494. The van der Waals surface area contributed by atoms with Gasteiger partial charge < -0.3 is 25.2 Å². The molecule has 5 heterocycles. The van der Waals surface area contributed by atoms with Gasteiger partial charge in [-0.1, -0.05) is 76.7 Å². The second kappa shape index (κ2) is 21.4. The third-order valence-corrected chi connectivity index (χ3v) is 14.4. The van der Waals surface area contributed by atoms with Gasteiger partial charge in [-0.3, -0.25) is 43.8 Å². The molecule has 0 bridgehead atoms. The Morgan fingerprint density at radius 2 is 1.46 bits per heavy atom. The standard InChI is InChI=1S/C56H66N8O8/c1-34-18-35(2)21-39(20-34)32-71-49-24-41-14-17-63-38(5)27-56(70,29-48(63)45(41)26-50(49)72-33-40-22-36(3)19-37(4)23-40)28-43-31-62(61-60-43)16-9-7-6-8-15-57-52(66)30-58-42-10-11-44-46(25-42)55(69)64(54(44)68)47-12-13-51(65)59-53(47)67/h10-11,18-26,31,38,47-48,58,70H,6-9,12-17,27-30,32-33H2,1-5H3,(H,57,66)(H,59,65,67). The number of hydrogen-bond acceptors (Lipinski definition) is 12. The van der Waals surface area contributed by atoms with Crippen LogP contribution in [0.2, 0.25) is 0 Å². The van der Waals surface area contributed by atoms with Crippen LogP contribution in [0.1, 0.15) is 135 Å². The van der Waals surface area contributed by atoms with Crippen molar-refractivity contribution in [1.29, 1.82) is 0 Å². The molecule has 16 heteroatoms. The molecule has 4 aromatic carbocycles. The second-order valence-electron chi connectivity index (χ2n) is 20.5. The summed E-state index contributed by atoms with van der Waals surface area (Å²) < 4.78 is 15.1. The molecule has 72 heavy (non-hydrogen) atoms. The van der Waals surface area contributed by atoms with Crippen LogP contribution in [0.3, 0.4) is 0 Å². The average Bonchev–Trinajstić information content (AvgIpc) is 3.87. The van der Waals surface area contributed by atoms with Crippen LogP contribution >= 0.6 is 0 Å². The summed E-state index contributed by atoms with van der Waals surface area (Å²) in [6.45, 7) is 13.6. The molecule has 4 unspecified atom stereocenters. The maximum absolute atomic E-state index is 13.2. The smallest absolute Gasteiger partial charge is 0.262 e. The number of piperidine rings is 2. The number of carbonyl (C=O) groups is 5. The minimum absolute atomic E-state index is 0.00184. The van der Waals surface area contributed by atoms with E-state index in [1.165, 1.54) is 45.5 Å². The lowest BCUT2D eigenvalue weighted by Crippen LogP contribution is -2.54. The number of amides is 5. The number of nitrogens with one attached hydrogen (secondary N) is 3. The minimum atomic E-state index is -1.04. The Morgan fingerprint density at radius 3 is 2.15 bits per heavy atom. The number of benzene rings is 4. The number of hydrogen-bond donors (Lipinski definition) is 4. The van der Waals surface area contributed by atoms with E-state index >= 15 is 0 Å². The van der Waals surface area contributed by atoms with E-state index in [2.05, 4.69) is 114 Å². The van der Waals surface area contributed by atoms with Crippen LogP contribution in [0.25, 0.3) is 0 Å². The molecule has 0 radical (unpaired) electrons. The van der Waals surface area contributed by atoms with Gasteiger partial charge >= 0.3 is 0 Å². The first-order chi connectivity index (χ1) is 34.6. The number of ether oxygens (including phenoxy) is 2. The number of aryl methyl sites for hydroxylation is 5. The first kappa shape index (κ1) is 50.0. The zero-order valence-corrected chi connectivity index (χ0v) is 42.0. The van der Waals surface area contributed by atoms with Crippen molar-refractivity contribution in [2.24, 2.45) is 0 Å². The lowest BCUT2D eigenvalue weighted by atomic mass is 9.75. The first-order valence-electron chi connectivity index (χ1n) is 25.4. The van der Waals surface area contributed by atoms with Crippen LogP contribution in [0.15, 0.2) is 72.9 Å². The monoisotopic (exact) mass is 979 g/mol. The Bertz CT molecular complexity index is 2860. The fourth-order valence-corrected chi connectivity index (χ4v) is 11.3. The third kappa shape index (κ3) is 11.6. The number of unbranched alkanes of at least 4 members (excludes halogenated alkanes) is 3. The SMILES string of the molecule is Cc1cc(C)cc(COc2cc3c(cc2OCc2cc(C)cc(C)c2)C2CC(O)(Cc4cn(CCCCCCNC(=O)CNc5ccc6c(c5)C(=O)N(C5CCC(=O)NC5=O)C6=O)nn4)CC(C)N2CC3)c1. The van der Waals surface area contributed by atoms with Gasteiger partial charge in [-0.05, 0) is 126 Å². The molecule has 378 valence electrons. The molecule has 0 spiro atoms. The van der Waals surface area contributed by atoms with Gasteiger partial charge in [0.1, 0.15) is 19.3 Å². The van der Waals surface area contributed by atoms with Gasteiger partial charge in [-0.25, -0.2) is 0 Å². The molecule has 5 aromatic rings. The van der Waals surface area contributed by atoms with Gasteiger partial charge in [0, 0.05) is 56.4 Å². The number of aliphatic hydroxyl groups is 1. The first-order valence-corrected chi connectivity index (χ1v) is 25.4. The molecule has 4 atom stereocenters. The normalized spacial score (nSPS) is 20.7. The highest BCUT2D eigenvalue weighted by Gasteiger charge is 2.46. The number of rotatable bonds is 19. The zero-order chi connectivity index (χ0) is 50.7. The molecule has 2 fully saturated rings. The molecule has 4 aliphatic rings. The lowest BCUT2D eigenvalue weighted by Gasteiger charge is -2.50. The summed E-state index contributed by atoms with van der Waals surface area (Å²) >= 11 is 0. The summed E-state index contributed by atoms with van der Waals surface area (Å²) in [6.07, 6.45) is 8.11. The van der Waals surface area contributed by atoms with Gasteiger partial charge in [0.15, 0.2) is 11.5 Å². The molecular weight excluding hydrogens is 913 g/mol. The fraction of sp³-hybridized carbons (Fsp3) is 0.446. The van der Waals surface area contributed by atoms with E-state index in [9.17, 15) is 29.1 Å². The summed E-state index contributed by atoms with van der Waals surface area (Å²) in [5, 5.41) is 29.4. The zero-order valence-electron chi connectivity index (χ0n) is 42.0. The van der Waals surface area contributed by atoms with Crippen molar-refractivity contribution in [2.75, 3.05) is 25.0 Å². The molecule has 2 saturated heterocycles. The summed E-state index contributed by atoms with van der Waals surface area (Å²) in [6, 6.07) is 21.1. The molecular formula is C56H66N8O8. The van der Waals surface area contributed by atoms with Crippen molar-refractivity contribution in [2.45, 2.75) is 142 Å². The molecule has 9 rings (SSSR count). The maximum atomic E-state index is 13.2. The van der Waals surface area contributed by atoms with Crippen molar-refractivity contribution in [3.05, 3.63) is 134 Å². The molecule has 16 nitrogen and oxygen atoms in total. The van der Waals surface area contributed by atoms with Crippen LogP contribution in [-0.4, -0.2) is 96.8 Å². The van der Waals surface area contributed by atoms with Crippen molar-refractivity contribution in [1.82, 2.24) is 35.4 Å². The largest absolute Gasteiger partial charge is 0.485 e. The third-order valence-electron chi connectivity index (χ3n) is 14.4. The summed E-state index contributed by atoms with van der Waals surface area (Å²) in [5.74, 6) is -1.05. The van der Waals surface area contributed by atoms with Crippen LogP contribution in [0.4, 0.5) is 5.69 Å². The highest BCUT2D eigenvalue weighted by molar-refractivity contribution is 6.23. The van der Waals surface area contributed by atoms with Crippen LogP contribution in [0, 0.1) is 27.7 Å². The van der Waals surface area contributed by atoms with Crippen molar-refractivity contribution in [3.63, 3.8) is 0 Å². The highest BCUT2D eigenvalue weighted by Crippen LogP contribution is 2.47. The Morgan fingerprint density at radius 1 is 0.792 bits per heavy atom. The van der Waals surface area contributed by atoms with E-state index in [1.807, 2.05) is 10.9 Å². The average molecular weight is 979 g/mol. The lowest BCUT2D eigenvalue weighted by molar-refractivity contribution is -0.136. The Labute approximate surface area is 420 Å². The van der Waals surface area contributed by atoms with Gasteiger partial charge in [0.05, 0.1) is 29.0 Å². The van der Waals surface area contributed by atoms with E-state index in [0.29, 0.717) is 57.0 Å². The predicted molar refractivity (Wildman–Crippen MR) is 271 cm³/mol. The summed E-state index contributed by atoms with van der Waals surface area (Å²) in [7, 11) is 0. The van der Waals surface area contributed by atoms with Gasteiger partial charge in [-0.15, -0.1) is 5.10 Å². The van der Waals surface area contributed by atoms with E-state index in [0.717, 1.165) is 66.1 Å². The molecule has 4 aliphatic heterocycles. The predicted octanol–water partition coefficient (Wildman–Crippen LogP) is 6.91. The molecule has 1 aromatic heterocycles. The topological polar surface area (TPSA) is 197 Å². The fourth-order valence-electron chi connectivity index (χ4n) is 11.3. The van der Waals surface area contributed by atoms with E-state index in [1.54, 1.807) is 6.07 Å². The van der Waals surface area contributed by atoms with Crippen LogP contribution in [-0.2, 0) is 47.0 Å². The van der Waals surface area contributed by atoms with Crippen molar-refractivity contribution >= 4 is 35.2 Å². The Hall–Kier alpha value is -6.91. The minimum Gasteiger partial charge on any atom is -0.485 e. The van der Waals surface area contributed by atoms with Crippen molar-refractivity contribution in [3.8, 4) is 11.5 Å². The van der Waals surface area contributed by atoms with Gasteiger partial charge in [0.2, 0.25) is 17.7 Å². The maximum Gasteiger partial charge on any atom is 0.262 e. The number of imide groups is 2. The van der Waals surface area contributed by atoms with E-state index < -0.39 is 35.3 Å². The van der Waals surface area contributed by atoms with Gasteiger partial charge in [0.25, 0.3) is 11.8 Å². The Balaban J connectivity index is 0.741. The Kier molecular flexibility index (Phi) is 14.9. The second-order valence-corrected chi connectivity index (χ2v) is 20.5. The van der Waals surface area contributed by atoms with Crippen molar-refractivity contribution < 1.29 is 38.6 Å². The van der Waals surface area contributed by atoms with E-state index in [-0.39, 0.29) is 48.5 Å². The number of anilines is 1. The summed E-state index contributed by atoms with van der Waals surface area (Å²) in [5.41, 5.74) is 10.0. The number of fused-ring (bicyclic) bond motifs is 4.